The molecule has 1 rings (SSSR count). The second kappa shape index (κ2) is 6.95. The Balaban J connectivity index is 0.00000324. The molecule has 2 atom stereocenters. The van der Waals surface area contributed by atoms with Crippen LogP contribution in [-0.2, 0) is 0 Å². The van der Waals surface area contributed by atoms with Crippen molar-refractivity contribution in [1.82, 2.24) is 0 Å². The monoisotopic (exact) mass is 491 g/mol. The van der Waals surface area contributed by atoms with E-state index in [1.165, 1.54) is 6.07 Å². The molecule has 1 aromatic rings. The van der Waals surface area contributed by atoms with Gasteiger partial charge in [-0.3, -0.25) is 0 Å². The van der Waals surface area contributed by atoms with Gasteiger partial charge in [-0.15, -0.1) is 12.4 Å². The normalized spacial score (nSPS) is 14.7. The Labute approximate surface area is 138 Å². The number of rotatable bonds is 2. The molecule has 0 unspecified atom stereocenters. The van der Waals surface area contributed by atoms with Crippen molar-refractivity contribution in [1.29, 1.82) is 0 Å². The van der Waals surface area contributed by atoms with Gasteiger partial charge in [0.25, 0.3) is 0 Å². The predicted octanol–water partition coefficient (Wildman–Crippen LogP) is 4.02. The molecule has 0 aliphatic carbocycles. The summed E-state index contributed by atoms with van der Waals surface area (Å²) in [6.45, 7) is 0. The molecule has 0 heterocycles. The summed E-state index contributed by atoms with van der Waals surface area (Å²) >= 11 is 9.01. The number of aliphatic hydroxyl groups is 1. The number of alkyl halides is 3. The Kier molecular flexibility index (Phi) is 7.12. The minimum Gasteiger partial charge on any atom is -0.506 e. The molecule has 0 aliphatic heterocycles. The highest BCUT2D eigenvalue weighted by atomic mass is 79.9. The fraction of sp³-hybridized carbons (Fsp3) is 0.333. The number of hydrogen-bond acceptors (Lipinski definition) is 3. The lowest BCUT2D eigenvalue weighted by atomic mass is 10.0. The van der Waals surface area contributed by atoms with Crippen molar-refractivity contribution in [3.05, 3.63) is 25.0 Å². The first-order valence-electron chi connectivity index (χ1n) is 4.44. The van der Waals surface area contributed by atoms with Crippen LogP contribution in [-0.4, -0.2) is 22.5 Å². The summed E-state index contributed by atoms with van der Waals surface area (Å²) < 4.78 is 37.7. The molecule has 0 saturated carbocycles. The zero-order valence-corrected chi connectivity index (χ0v) is 14.5. The fourth-order valence-corrected chi connectivity index (χ4v) is 3.91. The van der Waals surface area contributed by atoms with Crippen LogP contribution in [0, 0.1) is 0 Å². The molecular formula is C9H8Br3ClF3NO2. The number of aliphatic hydroxyl groups excluding tert-OH is 1. The first-order chi connectivity index (χ1) is 8.07. The molecule has 1 aromatic carbocycles. The standard InChI is InChI=1S/C9H7Br3F3NO2.ClH/c10-2-1-3(11)7(17)5(12)4(2)6(16)8(18)9(13,14)15;/h1,6,8,17-18H,16H2;1H/t6-,8-;/m1./s1. The molecule has 0 aliphatic rings. The van der Waals surface area contributed by atoms with Gasteiger partial charge in [-0.1, -0.05) is 15.9 Å². The Morgan fingerprint density at radius 1 is 1.16 bits per heavy atom. The summed E-state index contributed by atoms with van der Waals surface area (Å²) in [4.78, 5) is 0. The van der Waals surface area contributed by atoms with Crippen molar-refractivity contribution in [2.45, 2.75) is 18.3 Å². The van der Waals surface area contributed by atoms with Gasteiger partial charge in [0, 0.05) is 10.0 Å². The summed E-state index contributed by atoms with van der Waals surface area (Å²) in [5.74, 6) is -0.293. The molecule has 0 amide bonds. The molecule has 0 aromatic heterocycles. The highest BCUT2D eigenvalue weighted by Gasteiger charge is 2.44. The number of hydrogen-bond donors (Lipinski definition) is 3. The highest BCUT2D eigenvalue weighted by Crippen LogP contribution is 2.43. The maximum atomic E-state index is 12.4. The van der Waals surface area contributed by atoms with E-state index >= 15 is 0 Å². The average Bonchev–Trinajstić information content (AvgIpc) is 2.23. The Morgan fingerprint density at radius 3 is 2.05 bits per heavy atom. The van der Waals surface area contributed by atoms with E-state index in [9.17, 15) is 18.3 Å². The van der Waals surface area contributed by atoms with Crippen molar-refractivity contribution < 1.29 is 23.4 Å². The third kappa shape index (κ3) is 4.21. The molecule has 0 bridgehead atoms. The maximum absolute atomic E-state index is 12.4. The van der Waals surface area contributed by atoms with Gasteiger partial charge in [0.1, 0.15) is 5.75 Å². The third-order valence-electron chi connectivity index (χ3n) is 2.19. The van der Waals surface area contributed by atoms with Crippen molar-refractivity contribution in [3.63, 3.8) is 0 Å². The van der Waals surface area contributed by atoms with E-state index in [-0.39, 0.29) is 37.1 Å². The lowest BCUT2D eigenvalue weighted by molar-refractivity contribution is -0.210. The topological polar surface area (TPSA) is 66.5 Å². The predicted molar refractivity (Wildman–Crippen MR) is 77.4 cm³/mol. The van der Waals surface area contributed by atoms with E-state index in [0.29, 0.717) is 0 Å². The molecule has 0 saturated heterocycles. The minimum atomic E-state index is -4.85. The molecule has 0 radical (unpaired) electrons. The molecule has 4 N–H and O–H groups in total. The first-order valence-corrected chi connectivity index (χ1v) is 6.82. The van der Waals surface area contributed by atoms with Gasteiger partial charge in [0.15, 0.2) is 6.10 Å². The van der Waals surface area contributed by atoms with Crippen LogP contribution in [0.1, 0.15) is 11.6 Å². The number of nitrogens with two attached hydrogens (primary N) is 1. The molecule has 19 heavy (non-hydrogen) atoms. The van der Waals surface area contributed by atoms with Crippen molar-refractivity contribution in [2.24, 2.45) is 5.73 Å². The second-order valence-electron chi connectivity index (χ2n) is 3.43. The van der Waals surface area contributed by atoms with Crippen LogP contribution in [0.4, 0.5) is 13.2 Å². The Hall–Kier alpha value is 0.460. The minimum absolute atomic E-state index is 0. The summed E-state index contributed by atoms with van der Waals surface area (Å²) in [6.07, 6.45) is -7.58. The highest BCUT2D eigenvalue weighted by molar-refractivity contribution is 9.11. The Bertz CT molecular complexity index is 473. The van der Waals surface area contributed by atoms with Crippen LogP contribution < -0.4 is 5.73 Å². The zero-order chi connectivity index (χ0) is 14.2. The van der Waals surface area contributed by atoms with E-state index in [2.05, 4.69) is 47.8 Å². The van der Waals surface area contributed by atoms with Gasteiger partial charge in [-0.2, -0.15) is 13.2 Å². The third-order valence-corrected chi connectivity index (χ3v) is 4.25. The lowest BCUT2D eigenvalue weighted by Gasteiger charge is -2.24. The van der Waals surface area contributed by atoms with Crippen LogP contribution >= 0.6 is 60.2 Å². The van der Waals surface area contributed by atoms with Gasteiger partial charge in [-0.25, -0.2) is 0 Å². The van der Waals surface area contributed by atoms with Crippen LogP contribution in [0.3, 0.4) is 0 Å². The number of phenols is 1. The molecule has 0 fully saturated rings. The van der Waals surface area contributed by atoms with Gasteiger partial charge < -0.3 is 15.9 Å². The van der Waals surface area contributed by atoms with Gasteiger partial charge >= 0.3 is 6.18 Å². The van der Waals surface area contributed by atoms with Gasteiger partial charge in [0.2, 0.25) is 0 Å². The summed E-state index contributed by atoms with van der Waals surface area (Å²) in [6, 6.07) is -0.383. The number of benzene rings is 1. The van der Waals surface area contributed by atoms with Crippen molar-refractivity contribution in [2.75, 3.05) is 0 Å². The van der Waals surface area contributed by atoms with Crippen LogP contribution in [0.5, 0.6) is 5.75 Å². The van der Waals surface area contributed by atoms with E-state index in [1.807, 2.05) is 0 Å². The smallest absolute Gasteiger partial charge is 0.416 e. The van der Waals surface area contributed by atoms with Crippen molar-refractivity contribution >= 4 is 60.2 Å². The van der Waals surface area contributed by atoms with E-state index < -0.39 is 18.3 Å². The summed E-state index contributed by atoms with van der Waals surface area (Å²) in [5, 5.41) is 18.7. The van der Waals surface area contributed by atoms with Crippen LogP contribution in [0.2, 0.25) is 0 Å². The average molecular weight is 494 g/mol. The largest absolute Gasteiger partial charge is 0.506 e. The Morgan fingerprint density at radius 2 is 1.63 bits per heavy atom. The number of phenolic OH excluding ortho intramolecular Hbond substituents is 1. The fourth-order valence-electron chi connectivity index (χ4n) is 1.26. The number of halogens is 7. The zero-order valence-electron chi connectivity index (χ0n) is 8.88. The molecule has 3 nitrogen and oxygen atoms in total. The van der Waals surface area contributed by atoms with E-state index in [1.54, 1.807) is 0 Å². The van der Waals surface area contributed by atoms with Gasteiger partial charge in [0.05, 0.1) is 15.0 Å². The molecule has 110 valence electrons. The second-order valence-corrected chi connectivity index (χ2v) is 5.93. The molecule has 10 heteroatoms. The maximum Gasteiger partial charge on any atom is 0.416 e. The van der Waals surface area contributed by atoms with Gasteiger partial charge in [-0.05, 0) is 37.9 Å². The SMILES string of the molecule is Cl.N[C@H](c1c(Br)cc(Br)c(O)c1Br)[C@@H](O)C(F)(F)F. The summed E-state index contributed by atoms with van der Waals surface area (Å²) in [5.41, 5.74) is 5.32. The van der Waals surface area contributed by atoms with E-state index in [0.717, 1.165) is 0 Å². The van der Waals surface area contributed by atoms with Crippen LogP contribution in [0.15, 0.2) is 19.5 Å². The first kappa shape index (κ1) is 19.5. The summed E-state index contributed by atoms with van der Waals surface area (Å²) in [7, 11) is 0. The molecular weight excluding hydrogens is 486 g/mol. The lowest BCUT2D eigenvalue weighted by Crippen LogP contribution is -2.39. The van der Waals surface area contributed by atoms with Crippen molar-refractivity contribution in [3.8, 4) is 5.75 Å². The quantitative estimate of drug-likeness (QED) is 0.582. The van der Waals surface area contributed by atoms with E-state index in [4.69, 9.17) is 10.8 Å². The van der Waals surface area contributed by atoms with Crippen LogP contribution in [0.25, 0.3) is 0 Å². The number of aromatic hydroxyl groups is 1. The molecule has 0 spiro atoms.